The molecule has 1 N–H and O–H groups in total. The molecular formula is C28H31N3O3. The van der Waals surface area contributed by atoms with Gasteiger partial charge in [-0.1, -0.05) is 37.3 Å². The highest BCUT2D eigenvalue weighted by Gasteiger charge is 2.23. The number of anilines is 2. The lowest BCUT2D eigenvalue weighted by molar-refractivity contribution is -0.118. The van der Waals surface area contributed by atoms with Gasteiger partial charge in [0.1, 0.15) is 5.75 Å². The van der Waals surface area contributed by atoms with Crippen molar-refractivity contribution < 1.29 is 14.3 Å². The Bertz CT molecular complexity index is 1120. The number of nitrogens with one attached hydrogen (secondary N) is 1. The lowest BCUT2D eigenvalue weighted by Gasteiger charge is -2.36. The molecule has 0 unspecified atom stereocenters. The summed E-state index contributed by atoms with van der Waals surface area (Å²) in [5.41, 5.74) is 4.82. The Balaban J connectivity index is 1.25. The summed E-state index contributed by atoms with van der Waals surface area (Å²) >= 11 is 0. The van der Waals surface area contributed by atoms with Crippen LogP contribution < -0.4 is 15.0 Å². The van der Waals surface area contributed by atoms with Crippen LogP contribution in [-0.2, 0) is 11.2 Å². The van der Waals surface area contributed by atoms with E-state index in [0.29, 0.717) is 18.8 Å². The van der Waals surface area contributed by atoms with E-state index in [2.05, 4.69) is 17.1 Å². The third kappa shape index (κ3) is 5.76. The summed E-state index contributed by atoms with van der Waals surface area (Å²) < 4.78 is 5.57. The molecule has 0 atom stereocenters. The van der Waals surface area contributed by atoms with Gasteiger partial charge in [-0.3, -0.25) is 9.59 Å². The number of carbonyl (C=O) groups is 2. The molecule has 0 bridgehead atoms. The Labute approximate surface area is 201 Å². The van der Waals surface area contributed by atoms with Crippen molar-refractivity contribution in [1.29, 1.82) is 0 Å². The summed E-state index contributed by atoms with van der Waals surface area (Å²) in [5.74, 6) is 0.581. The largest absolute Gasteiger partial charge is 0.484 e. The van der Waals surface area contributed by atoms with Crippen molar-refractivity contribution in [3.05, 3.63) is 89.5 Å². The molecule has 0 saturated carbocycles. The Kier molecular flexibility index (Phi) is 7.48. The number of rotatable bonds is 7. The second kappa shape index (κ2) is 10.9. The van der Waals surface area contributed by atoms with Gasteiger partial charge in [-0.05, 0) is 66.9 Å². The second-order valence-electron chi connectivity index (χ2n) is 8.48. The molecule has 34 heavy (non-hydrogen) atoms. The number of amides is 2. The van der Waals surface area contributed by atoms with Crippen molar-refractivity contribution >= 4 is 23.2 Å². The molecule has 4 rings (SSSR count). The zero-order valence-corrected chi connectivity index (χ0v) is 19.8. The molecule has 0 radical (unpaired) electrons. The summed E-state index contributed by atoms with van der Waals surface area (Å²) in [5, 5.41) is 2.87. The molecule has 3 aromatic carbocycles. The zero-order valence-electron chi connectivity index (χ0n) is 19.8. The first-order valence-electron chi connectivity index (χ1n) is 11.7. The molecule has 0 aliphatic carbocycles. The van der Waals surface area contributed by atoms with Gasteiger partial charge in [-0.2, -0.15) is 0 Å². The molecule has 6 nitrogen and oxygen atoms in total. The minimum Gasteiger partial charge on any atom is -0.484 e. The quantitative estimate of drug-likeness (QED) is 0.566. The number of nitrogens with zero attached hydrogens (tertiary/aromatic N) is 2. The highest BCUT2D eigenvalue weighted by molar-refractivity contribution is 5.95. The molecule has 1 heterocycles. The van der Waals surface area contributed by atoms with Crippen molar-refractivity contribution in [2.45, 2.75) is 20.3 Å². The van der Waals surface area contributed by atoms with Gasteiger partial charge in [0.2, 0.25) is 0 Å². The standard InChI is InChI=1S/C28H31N3O3/c1-3-22-8-14-25(15-9-22)34-20-27(32)29-23-10-12-24(13-11-23)30-16-18-31(19-17-30)28(33)26-7-5-4-6-21(26)2/h4-15H,3,16-20H2,1-2H3,(H,29,32). The second-order valence-corrected chi connectivity index (χ2v) is 8.48. The number of piperazine rings is 1. The molecule has 2 amide bonds. The van der Waals surface area contributed by atoms with E-state index >= 15 is 0 Å². The minimum atomic E-state index is -0.198. The molecule has 3 aromatic rings. The summed E-state index contributed by atoms with van der Waals surface area (Å²) in [6.45, 7) is 6.94. The van der Waals surface area contributed by atoms with Crippen molar-refractivity contribution in [3.63, 3.8) is 0 Å². The number of hydrogen-bond acceptors (Lipinski definition) is 4. The van der Waals surface area contributed by atoms with Gasteiger partial charge >= 0.3 is 0 Å². The van der Waals surface area contributed by atoms with Crippen LogP contribution in [0.3, 0.4) is 0 Å². The summed E-state index contributed by atoms with van der Waals surface area (Å²) in [4.78, 5) is 29.3. The molecule has 1 fully saturated rings. The van der Waals surface area contributed by atoms with Crippen molar-refractivity contribution in [3.8, 4) is 5.75 Å². The van der Waals surface area contributed by atoms with Crippen LogP contribution in [0.15, 0.2) is 72.8 Å². The first-order valence-corrected chi connectivity index (χ1v) is 11.7. The Hall–Kier alpha value is -3.80. The van der Waals surface area contributed by atoms with Crippen molar-refractivity contribution in [2.75, 3.05) is 43.0 Å². The van der Waals surface area contributed by atoms with Crippen LogP contribution in [0.4, 0.5) is 11.4 Å². The predicted molar refractivity (Wildman–Crippen MR) is 136 cm³/mol. The lowest BCUT2D eigenvalue weighted by atomic mass is 10.1. The summed E-state index contributed by atoms with van der Waals surface area (Å²) in [6.07, 6.45) is 0.970. The van der Waals surface area contributed by atoms with E-state index in [1.165, 1.54) is 5.56 Å². The molecule has 176 valence electrons. The highest BCUT2D eigenvalue weighted by Crippen LogP contribution is 2.21. The monoisotopic (exact) mass is 457 g/mol. The molecule has 1 aliphatic heterocycles. The Morgan fingerprint density at radius 1 is 0.882 bits per heavy atom. The molecular weight excluding hydrogens is 426 g/mol. The summed E-state index contributed by atoms with van der Waals surface area (Å²) in [6, 6.07) is 23.3. The fraction of sp³-hybridized carbons (Fsp3) is 0.286. The van der Waals surface area contributed by atoms with E-state index in [-0.39, 0.29) is 18.4 Å². The maximum atomic E-state index is 12.8. The van der Waals surface area contributed by atoms with E-state index in [9.17, 15) is 9.59 Å². The molecule has 0 aromatic heterocycles. The molecule has 1 saturated heterocycles. The smallest absolute Gasteiger partial charge is 0.262 e. The lowest BCUT2D eigenvalue weighted by Crippen LogP contribution is -2.48. The van der Waals surface area contributed by atoms with E-state index in [0.717, 1.165) is 42.0 Å². The first-order chi connectivity index (χ1) is 16.5. The SMILES string of the molecule is CCc1ccc(OCC(=O)Nc2ccc(N3CCN(C(=O)c4ccccc4C)CC3)cc2)cc1. The molecule has 6 heteroatoms. The van der Waals surface area contributed by atoms with Crippen LogP contribution in [0.5, 0.6) is 5.75 Å². The number of benzene rings is 3. The van der Waals surface area contributed by atoms with Crippen LogP contribution in [0.25, 0.3) is 0 Å². The predicted octanol–water partition coefficient (Wildman–Crippen LogP) is 4.54. The fourth-order valence-electron chi connectivity index (χ4n) is 4.07. The Morgan fingerprint density at radius 2 is 1.56 bits per heavy atom. The van der Waals surface area contributed by atoms with Gasteiger partial charge in [0.15, 0.2) is 6.61 Å². The van der Waals surface area contributed by atoms with Crippen LogP contribution >= 0.6 is 0 Å². The van der Waals surface area contributed by atoms with Crippen molar-refractivity contribution in [2.24, 2.45) is 0 Å². The fourth-order valence-corrected chi connectivity index (χ4v) is 4.07. The number of ether oxygens (including phenoxy) is 1. The third-order valence-corrected chi connectivity index (χ3v) is 6.16. The highest BCUT2D eigenvalue weighted by atomic mass is 16.5. The van der Waals surface area contributed by atoms with Gasteiger partial charge in [0, 0.05) is 43.1 Å². The Morgan fingerprint density at radius 3 is 2.21 bits per heavy atom. The van der Waals surface area contributed by atoms with Crippen LogP contribution in [0.1, 0.15) is 28.4 Å². The number of hydrogen-bond donors (Lipinski definition) is 1. The molecule has 1 aliphatic rings. The van der Waals surface area contributed by atoms with Gasteiger partial charge in [-0.25, -0.2) is 0 Å². The number of carbonyl (C=O) groups excluding carboxylic acids is 2. The van der Waals surface area contributed by atoms with Gasteiger partial charge in [0.25, 0.3) is 11.8 Å². The first kappa shape index (κ1) is 23.4. The van der Waals surface area contributed by atoms with Gasteiger partial charge < -0.3 is 19.9 Å². The third-order valence-electron chi connectivity index (χ3n) is 6.16. The number of aryl methyl sites for hydroxylation is 2. The normalized spacial score (nSPS) is 13.5. The van der Waals surface area contributed by atoms with E-state index < -0.39 is 0 Å². The van der Waals surface area contributed by atoms with Crippen LogP contribution in [-0.4, -0.2) is 49.5 Å². The van der Waals surface area contributed by atoms with E-state index in [1.54, 1.807) is 0 Å². The average Bonchev–Trinajstić information content (AvgIpc) is 2.88. The molecule has 0 spiro atoms. The van der Waals surface area contributed by atoms with Crippen LogP contribution in [0.2, 0.25) is 0 Å². The topological polar surface area (TPSA) is 61.9 Å². The van der Waals surface area contributed by atoms with Gasteiger partial charge in [-0.15, -0.1) is 0 Å². The van der Waals surface area contributed by atoms with Gasteiger partial charge in [0.05, 0.1) is 0 Å². The maximum Gasteiger partial charge on any atom is 0.262 e. The minimum absolute atomic E-state index is 0.0376. The zero-order chi connectivity index (χ0) is 23.9. The van der Waals surface area contributed by atoms with E-state index in [1.807, 2.05) is 84.6 Å². The van der Waals surface area contributed by atoms with E-state index in [4.69, 9.17) is 4.74 Å². The van der Waals surface area contributed by atoms with Crippen LogP contribution in [0, 0.1) is 6.92 Å². The maximum absolute atomic E-state index is 12.8. The average molecular weight is 458 g/mol. The summed E-state index contributed by atoms with van der Waals surface area (Å²) in [7, 11) is 0. The van der Waals surface area contributed by atoms with Crippen molar-refractivity contribution in [1.82, 2.24) is 4.90 Å².